The molecule has 1 aliphatic heterocycles. The second-order valence-corrected chi connectivity index (χ2v) is 13.6. The lowest BCUT2D eigenvalue weighted by atomic mass is 9.83. The third-order valence-corrected chi connectivity index (χ3v) is 10.2. The molecule has 11 nitrogen and oxygen atoms in total. The molecule has 2 aliphatic carbocycles. The van der Waals surface area contributed by atoms with Crippen LogP contribution in [0.15, 0.2) is 58.0 Å². The lowest BCUT2D eigenvalue weighted by Crippen LogP contribution is -2.49. The maximum atomic E-state index is 12.0. The zero-order chi connectivity index (χ0) is 31.9. The van der Waals surface area contributed by atoms with Crippen LogP contribution in [-0.4, -0.2) is 55.0 Å². The summed E-state index contributed by atoms with van der Waals surface area (Å²) in [4.78, 5) is 32.2. The van der Waals surface area contributed by atoms with Crippen molar-refractivity contribution in [3.63, 3.8) is 0 Å². The SMILES string of the molecule is CC1CCC(Cn2c(N3CCO[C@@H]4CCC[C@H]43)nc3cc(-c4noc(=O)[nH]4)nc(-c4cc(Cl)cnc4OCc4ccccc4)c32)CC1. The molecule has 2 atom stereocenters. The maximum absolute atomic E-state index is 12.0. The Morgan fingerprint density at radius 1 is 1.06 bits per heavy atom. The summed E-state index contributed by atoms with van der Waals surface area (Å²) in [6.07, 6.45) is 9.84. The summed E-state index contributed by atoms with van der Waals surface area (Å²) in [6, 6.07) is 14.0. The highest BCUT2D eigenvalue weighted by Crippen LogP contribution is 2.41. The number of aromatic nitrogens is 6. The molecule has 1 aromatic carbocycles. The van der Waals surface area contributed by atoms with E-state index in [2.05, 4.69) is 31.5 Å². The molecule has 0 radical (unpaired) electrons. The number of hydrogen-bond donors (Lipinski definition) is 1. The van der Waals surface area contributed by atoms with Gasteiger partial charge in [0.15, 0.2) is 0 Å². The number of pyridine rings is 2. The predicted molar refractivity (Wildman–Crippen MR) is 179 cm³/mol. The van der Waals surface area contributed by atoms with Gasteiger partial charge in [0.25, 0.3) is 0 Å². The van der Waals surface area contributed by atoms with Crippen molar-refractivity contribution in [2.24, 2.45) is 11.8 Å². The molecule has 3 fully saturated rings. The first-order valence-electron chi connectivity index (χ1n) is 16.7. The smallest absolute Gasteiger partial charge is 0.439 e. The van der Waals surface area contributed by atoms with Crippen molar-refractivity contribution in [2.45, 2.75) is 77.2 Å². The summed E-state index contributed by atoms with van der Waals surface area (Å²) in [7, 11) is 0. The van der Waals surface area contributed by atoms with Crippen LogP contribution in [0.25, 0.3) is 33.8 Å². The zero-order valence-corrected chi connectivity index (χ0v) is 27.2. The fourth-order valence-corrected chi connectivity index (χ4v) is 7.72. The van der Waals surface area contributed by atoms with E-state index in [9.17, 15) is 4.79 Å². The number of nitrogens with one attached hydrogen (secondary N) is 1. The molecule has 8 rings (SSSR count). The molecular weight excluding hydrogens is 618 g/mol. The molecule has 1 saturated heterocycles. The number of halogens is 1. The Balaban J connectivity index is 1.33. The standard InChI is InChI=1S/C35H38ClN7O4/c1-21-10-12-22(13-11-21)19-43-31-26(39-34(43)42-14-15-45-29-9-5-8-28(29)42)17-27(32-40-35(44)47-41-32)38-30(31)25-16-24(36)18-37-33(25)46-20-23-6-3-2-4-7-23/h2-4,6-7,16-18,21-22,28-29H,5,8-15,19-20H2,1H3,(H,40,41,44)/t21?,22?,28-,29-/m1/s1. The first-order valence-corrected chi connectivity index (χ1v) is 17.1. The van der Waals surface area contributed by atoms with E-state index >= 15 is 0 Å². The molecule has 2 saturated carbocycles. The van der Waals surface area contributed by atoms with Crippen molar-refractivity contribution in [2.75, 3.05) is 18.1 Å². The first-order chi connectivity index (χ1) is 23.0. The molecule has 12 heteroatoms. The van der Waals surface area contributed by atoms with Gasteiger partial charge in [-0.3, -0.25) is 9.51 Å². The third kappa shape index (κ3) is 6.02. The highest BCUT2D eigenvalue weighted by molar-refractivity contribution is 6.30. The number of imidazole rings is 1. The Labute approximate surface area is 277 Å². The highest BCUT2D eigenvalue weighted by atomic mass is 35.5. The summed E-state index contributed by atoms with van der Waals surface area (Å²) >= 11 is 6.63. The molecule has 47 heavy (non-hydrogen) atoms. The van der Waals surface area contributed by atoms with Crippen LogP contribution in [-0.2, 0) is 17.9 Å². The molecule has 0 bridgehead atoms. The molecule has 5 heterocycles. The maximum Gasteiger partial charge on any atom is 0.439 e. The Hall–Kier alpha value is -4.22. The predicted octanol–water partition coefficient (Wildman–Crippen LogP) is 6.65. The van der Waals surface area contributed by atoms with Gasteiger partial charge in [0.1, 0.15) is 18.0 Å². The normalized spacial score (nSPS) is 22.9. The number of ether oxygens (including phenoxy) is 2. The second kappa shape index (κ2) is 12.8. The molecule has 244 valence electrons. The number of rotatable bonds is 8. The molecule has 0 amide bonds. The van der Waals surface area contributed by atoms with E-state index in [1.165, 1.54) is 25.7 Å². The highest BCUT2D eigenvalue weighted by Gasteiger charge is 2.39. The quantitative estimate of drug-likeness (QED) is 0.196. The van der Waals surface area contributed by atoms with E-state index in [4.69, 9.17) is 35.6 Å². The average Bonchev–Trinajstić information content (AvgIpc) is 3.84. The van der Waals surface area contributed by atoms with Crippen molar-refractivity contribution < 1.29 is 14.0 Å². The number of morpholine rings is 1. The topological polar surface area (TPSA) is 124 Å². The Kier molecular flexibility index (Phi) is 8.18. The van der Waals surface area contributed by atoms with Gasteiger partial charge in [0, 0.05) is 19.3 Å². The van der Waals surface area contributed by atoms with Gasteiger partial charge in [0.2, 0.25) is 17.7 Å². The van der Waals surface area contributed by atoms with Crippen LogP contribution >= 0.6 is 11.6 Å². The minimum absolute atomic E-state index is 0.205. The van der Waals surface area contributed by atoms with E-state index in [-0.39, 0.29) is 18.0 Å². The minimum Gasteiger partial charge on any atom is -0.472 e. The van der Waals surface area contributed by atoms with E-state index in [0.717, 1.165) is 60.8 Å². The van der Waals surface area contributed by atoms with Gasteiger partial charge in [-0.15, -0.1) is 0 Å². The average molecular weight is 656 g/mol. The van der Waals surface area contributed by atoms with Crippen LogP contribution in [0.5, 0.6) is 5.88 Å². The van der Waals surface area contributed by atoms with E-state index in [1.54, 1.807) is 6.20 Å². The van der Waals surface area contributed by atoms with E-state index in [1.807, 2.05) is 42.5 Å². The summed E-state index contributed by atoms with van der Waals surface area (Å²) < 4.78 is 19.8. The van der Waals surface area contributed by atoms with Gasteiger partial charge in [0.05, 0.1) is 40.4 Å². The van der Waals surface area contributed by atoms with Gasteiger partial charge in [-0.1, -0.05) is 66.9 Å². The van der Waals surface area contributed by atoms with Gasteiger partial charge in [-0.25, -0.2) is 19.7 Å². The molecule has 3 aliphatic rings. The van der Waals surface area contributed by atoms with E-state index < -0.39 is 5.76 Å². The fourth-order valence-electron chi connectivity index (χ4n) is 7.57. The van der Waals surface area contributed by atoms with Crippen molar-refractivity contribution in [3.05, 3.63) is 69.8 Å². The van der Waals surface area contributed by atoms with Crippen LogP contribution in [0.4, 0.5) is 5.95 Å². The Bertz CT molecular complexity index is 1930. The number of aromatic amines is 1. The van der Waals surface area contributed by atoms with E-state index in [0.29, 0.717) is 47.0 Å². The number of benzene rings is 1. The van der Waals surface area contributed by atoms with Crippen molar-refractivity contribution in [3.8, 4) is 28.7 Å². The second-order valence-electron chi connectivity index (χ2n) is 13.2. The number of nitrogens with zero attached hydrogens (tertiary/aromatic N) is 6. The third-order valence-electron chi connectivity index (χ3n) is 9.99. The largest absolute Gasteiger partial charge is 0.472 e. The Morgan fingerprint density at radius 2 is 1.91 bits per heavy atom. The number of H-pyrrole nitrogens is 1. The van der Waals surface area contributed by atoms with Gasteiger partial charge < -0.3 is 18.9 Å². The van der Waals surface area contributed by atoms with Crippen LogP contribution < -0.4 is 15.4 Å². The fraction of sp³-hybridized carbons (Fsp3) is 0.457. The monoisotopic (exact) mass is 655 g/mol. The summed E-state index contributed by atoms with van der Waals surface area (Å²) in [5.41, 5.74) is 4.30. The molecule has 0 unspecified atom stereocenters. The number of fused-ring (bicyclic) bond motifs is 2. The first kappa shape index (κ1) is 30.1. The number of hydrogen-bond acceptors (Lipinski definition) is 9. The molecular formula is C35H38ClN7O4. The summed E-state index contributed by atoms with van der Waals surface area (Å²) in [6.45, 7) is 4.92. The molecule has 4 aromatic heterocycles. The van der Waals surface area contributed by atoms with Crippen molar-refractivity contribution >= 4 is 28.6 Å². The van der Waals surface area contributed by atoms with Crippen LogP contribution in [0.3, 0.4) is 0 Å². The zero-order valence-electron chi connectivity index (χ0n) is 26.4. The molecule has 1 N–H and O–H groups in total. The summed E-state index contributed by atoms with van der Waals surface area (Å²) in [5, 5.41) is 4.42. The van der Waals surface area contributed by atoms with Crippen LogP contribution in [0, 0.1) is 11.8 Å². The Morgan fingerprint density at radius 3 is 2.72 bits per heavy atom. The lowest BCUT2D eigenvalue weighted by Gasteiger charge is -2.39. The van der Waals surface area contributed by atoms with Crippen LogP contribution in [0.2, 0.25) is 5.02 Å². The van der Waals surface area contributed by atoms with Gasteiger partial charge in [-0.05, 0) is 61.6 Å². The molecule has 5 aromatic rings. The van der Waals surface area contributed by atoms with Crippen LogP contribution in [0.1, 0.15) is 57.4 Å². The van der Waals surface area contributed by atoms with Gasteiger partial charge >= 0.3 is 5.76 Å². The molecule has 0 spiro atoms. The summed E-state index contributed by atoms with van der Waals surface area (Å²) in [5.74, 6) is 2.15. The van der Waals surface area contributed by atoms with Crippen molar-refractivity contribution in [1.29, 1.82) is 0 Å². The van der Waals surface area contributed by atoms with Crippen molar-refractivity contribution in [1.82, 2.24) is 29.7 Å². The lowest BCUT2D eigenvalue weighted by molar-refractivity contribution is 0.0247. The van der Waals surface area contributed by atoms with Gasteiger partial charge in [-0.2, -0.15) is 0 Å². The minimum atomic E-state index is -0.655. The number of anilines is 1.